The number of fused-ring (bicyclic) bond motifs is 1. The highest BCUT2D eigenvalue weighted by molar-refractivity contribution is 5.96. The Labute approximate surface area is 128 Å². The van der Waals surface area contributed by atoms with Gasteiger partial charge >= 0.3 is 11.9 Å². The maximum Gasteiger partial charge on any atom is 0.330 e. The van der Waals surface area contributed by atoms with Gasteiger partial charge in [-0.2, -0.15) is 0 Å². The summed E-state index contributed by atoms with van der Waals surface area (Å²) in [5.41, 5.74) is 2.76. The molecule has 0 amide bonds. The van der Waals surface area contributed by atoms with Crippen molar-refractivity contribution in [1.82, 2.24) is 4.57 Å². The number of nitrogens with zero attached hydrogens (tertiary/aromatic N) is 1. The van der Waals surface area contributed by atoms with Gasteiger partial charge in [0.15, 0.2) is 0 Å². The molecule has 0 bridgehead atoms. The molecular formula is C17H17NO4. The average Bonchev–Trinajstić information content (AvgIpc) is 2.87. The second-order valence-corrected chi connectivity index (χ2v) is 4.62. The Morgan fingerprint density at radius 3 is 2.32 bits per heavy atom. The zero-order valence-corrected chi connectivity index (χ0v) is 12.7. The summed E-state index contributed by atoms with van der Waals surface area (Å²) >= 11 is 0. The molecular weight excluding hydrogens is 282 g/mol. The van der Waals surface area contributed by atoms with Crippen LogP contribution in [0.25, 0.3) is 23.1 Å². The summed E-state index contributed by atoms with van der Waals surface area (Å²) in [5.74, 6) is -0.810. The van der Waals surface area contributed by atoms with Gasteiger partial charge in [-0.3, -0.25) is 0 Å². The van der Waals surface area contributed by atoms with Crippen molar-refractivity contribution in [2.75, 3.05) is 14.2 Å². The fourth-order valence-corrected chi connectivity index (χ4v) is 2.16. The van der Waals surface area contributed by atoms with Crippen molar-refractivity contribution in [2.45, 2.75) is 0 Å². The number of aromatic nitrogens is 1. The molecule has 0 fully saturated rings. The van der Waals surface area contributed by atoms with E-state index >= 15 is 0 Å². The zero-order chi connectivity index (χ0) is 16.1. The summed E-state index contributed by atoms with van der Waals surface area (Å²) in [6, 6.07) is 7.74. The fourth-order valence-electron chi connectivity index (χ4n) is 2.16. The number of carbonyl (C=O) groups is 2. The monoisotopic (exact) mass is 299 g/mol. The van der Waals surface area contributed by atoms with Crippen LogP contribution in [0.3, 0.4) is 0 Å². The van der Waals surface area contributed by atoms with E-state index < -0.39 is 11.9 Å². The second-order valence-electron chi connectivity index (χ2n) is 4.62. The van der Waals surface area contributed by atoms with E-state index in [4.69, 9.17) is 0 Å². The molecule has 2 aromatic rings. The lowest BCUT2D eigenvalue weighted by Crippen LogP contribution is -1.95. The Kier molecular flexibility index (Phi) is 4.78. The lowest BCUT2D eigenvalue weighted by atomic mass is 10.1. The van der Waals surface area contributed by atoms with E-state index in [0.29, 0.717) is 0 Å². The van der Waals surface area contributed by atoms with Crippen LogP contribution in [-0.2, 0) is 26.1 Å². The van der Waals surface area contributed by atoms with Crippen LogP contribution in [0, 0.1) is 0 Å². The van der Waals surface area contributed by atoms with Crippen molar-refractivity contribution in [1.29, 1.82) is 0 Å². The molecule has 1 aromatic carbocycles. The molecule has 0 saturated heterocycles. The molecule has 2 rings (SSSR count). The molecule has 0 aliphatic rings. The predicted molar refractivity (Wildman–Crippen MR) is 85.0 cm³/mol. The fraction of sp³-hybridized carbons (Fsp3) is 0.176. The van der Waals surface area contributed by atoms with Gasteiger partial charge in [-0.25, -0.2) is 9.59 Å². The van der Waals surface area contributed by atoms with E-state index in [1.54, 1.807) is 12.2 Å². The molecule has 0 saturated carbocycles. The van der Waals surface area contributed by atoms with Gasteiger partial charge in [0, 0.05) is 35.8 Å². The number of methoxy groups -OCH3 is 2. The largest absolute Gasteiger partial charge is 0.466 e. The van der Waals surface area contributed by atoms with Crippen molar-refractivity contribution in [3.05, 3.63) is 47.7 Å². The minimum Gasteiger partial charge on any atom is -0.466 e. The topological polar surface area (TPSA) is 57.5 Å². The van der Waals surface area contributed by atoms with Crippen LogP contribution in [0.15, 0.2) is 36.4 Å². The highest BCUT2D eigenvalue weighted by atomic mass is 16.5. The number of benzene rings is 1. The van der Waals surface area contributed by atoms with Crippen molar-refractivity contribution in [3.8, 4) is 0 Å². The van der Waals surface area contributed by atoms with E-state index in [1.807, 2.05) is 35.9 Å². The Hall–Kier alpha value is -2.82. The molecule has 0 radical (unpaired) electrons. The van der Waals surface area contributed by atoms with E-state index in [0.717, 1.165) is 22.2 Å². The van der Waals surface area contributed by atoms with Gasteiger partial charge in [0.2, 0.25) is 0 Å². The quantitative estimate of drug-likeness (QED) is 0.643. The molecule has 5 heteroatoms. The van der Waals surface area contributed by atoms with Crippen LogP contribution in [0.2, 0.25) is 0 Å². The molecule has 0 unspecified atom stereocenters. The van der Waals surface area contributed by atoms with Crippen molar-refractivity contribution in [3.63, 3.8) is 0 Å². The van der Waals surface area contributed by atoms with Crippen LogP contribution >= 0.6 is 0 Å². The minimum atomic E-state index is -0.406. The van der Waals surface area contributed by atoms with E-state index in [1.165, 1.54) is 26.4 Å². The molecule has 0 atom stereocenters. The summed E-state index contributed by atoms with van der Waals surface area (Å²) in [5, 5.41) is 0.981. The number of hydrogen-bond donors (Lipinski definition) is 0. The number of carbonyl (C=O) groups excluding carboxylic acids is 2. The predicted octanol–water partition coefficient (Wildman–Crippen LogP) is 2.55. The molecule has 0 spiro atoms. The Balaban J connectivity index is 2.45. The first-order chi connectivity index (χ1) is 10.6. The van der Waals surface area contributed by atoms with E-state index in [9.17, 15) is 9.59 Å². The first kappa shape index (κ1) is 15.6. The van der Waals surface area contributed by atoms with Crippen LogP contribution in [0.5, 0.6) is 0 Å². The Bertz CT molecular complexity index is 768. The Morgan fingerprint density at radius 2 is 1.68 bits per heavy atom. The summed E-state index contributed by atoms with van der Waals surface area (Å²) in [4.78, 5) is 22.4. The lowest BCUT2D eigenvalue weighted by Gasteiger charge is -2.00. The lowest BCUT2D eigenvalue weighted by molar-refractivity contribution is -0.135. The van der Waals surface area contributed by atoms with Gasteiger partial charge < -0.3 is 14.0 Å². The van der Waals surface area contributed by atoms with E-state index in [-0.39, 0.29) is 0 Å². The van der Waals surface area contributed by atoms with Gasteiger partial charge in [0.1, 0.15) is 0 Å². The molecule has 5 nitrogen and oxygen atoms in total. The molecule has 0 N–H and O–H groups in total. The van der Waals surface area contributed by atoms with Crippen molar-refractivity contribution in [2.24, 2.45) is 7.05 Å². The standard InChI is InChI=1S/C17H17NO4/c1-18-13(8-10-17(20)22-3)11-14-12(5-4-6-15(14)18)7-9-16(19)21-2/h4-11H,1-3H3/b9-7+,10-8+. The number of ether oxygens (including phenoxy) is 2. The SMILES string of the molecule is COC(=O)/C=C/c1cccc2c1cc(/C=C/C(=O)OC)n2C. The maximum atomic E-state index is 11.2. The highest BCUT2D eigenvalue weighted by Crippen LogP contribution is 2.24. The van der Waals surface area contributed by atoms with Crippen molar-refractivity contribution < 1.29 is 19.1 Å². The zero-order valence-electron chi connectivity index (χ0n) is 12.7. The number of hydrogen-bond acceptors (Lipinski definition) is 4. The maximum absolute atomic E-state index is 11.2. The number of rotatable bonds is 4. The first-order valence-electron chi connectivity index (χ1n) is 6.67. The third kappa shape index (κ3) is 3.25. The molecule has 114 valence electrons. The third-order valence-corrected chi connectivity index (χ3v) is 3.35. The summed E-state index contributed by atoms with van der Waals surface area (Å²) in [6.45, 7) is 0. The van der Waals surface area contributed by atoms with Crippen LogP contribution < -0.4 is 0 Å². The molecule has 22 heavy (non-hydrogen) atoms. The molecule has 0 aliphatic carbocycles. The number of esters is 2. The van der Waals surface area contributed by atoms with Gasteiger partial charge in [0.05, 0.1) is 14.2 Å². The average molecular weight is 299 g/mol. The molecule has 0 aliphatic heterocycles. The molecule has 1 aromatic heterocycles. The molecule has 1 heterocycles. The van der Waals surface area contributed by atoms with Crippen molar-refractivity contribution >= 4 is 35.0 Å². The van der Waals surface area contributed by atoms with Crippen LogP contribution in [0.4, 0.5) is 0 Å². The summed E-state index contributed by atoms with van der Waals surface area (Å²) in [7, 11) is 4.59. The first-order valence-corrected chi connectivity index (χ1v) is 6.67. The van der Waals surface area contributed by atoms with Crippen LogP contribution in [0.1, 0.15) is 11.3 Å². The van der Waals surface area contributed by atoms with Gasteiger partial charge in [0.25, 0.3) is 0 Å². The third-order valence-electron chi connectivity index (χ3n) is 3.35. The van der Waals surface area contributed by atoms with E-state index in [2.05, 4.69) is 9.47 Å². The summed E-state index contributed by atoms with van der Waals surface area (Å²) < 4.78 is 11.1. The Morgan fingerprint density at radius 1 is 1.05 bits per heavy atom. The highest BCUT2D eigenvalue weighted by Gasteiger charge is 2.07. The van der Waals surface area contributed by atoms with Gasteiger partial charge in [-0.15, -0.1) is 0 Å². The van der Waals surface area contributed by atoms with Gasteiger partial charge in [-0.05, 0) is 29.8 Å². The van der Waals surface area contributed by atoms with Crippen LogP contribution in [-0.4, -0.2) is 30.7 Å². The minimum absolute atomic E-state index is 0.404. The smallest absolute Gasteiger partial charge is 0.330 e. The normalized spacial score (nSPS) is 11.4. The summed E-state index contributed by atoms with van der Waals surface area (Å²) in [6.07, 6.45) is 6.16. The second kappa shape index (κ2) is 6.76. The number of aryl methyl sites for hydroxylation is 1. The van der Waals surface area contributed by atoms with Gasteiger partial charge in [-0.1, -0.05) is 12.1 Å².